The summed E-state index contributed by atoms with van der Waals surface area (Å²) < 4.78 is 0. The van der Waals surface area contributed by atoms with Crippen molar-refractivity contribution in [3.05, 3.63) is 34.9 Å². The number of carbonyl (C=O) groups excluding carboxylic acids is 1. The van der Waals surface area contributed by atoms with E-state index in [2.05, 4.69) is 0 Å². The number of halogens is 1. The van der Waals surface area contributed by atoms with Gasteiger partial charge in [0.15, 0.2) is 0 Å². The minimum atomic E-state index is -0.438. The maximum Gasteiger partial charge on any atom is 0.315 e. The maximum atomic E-state index is 10.9. The second kappa shape index (κ2) is 4.33. The highest BCUT2D eigenvalue weighted by atomic mass is 35.5. The topological polar surface area (TPSA) is 46.3 Å². The lowest BCUT2D eigenvalue weighted by molar-refractivity contribution is 0.204. The van der Waals surface area contributed by atoms with E-state index in [-0.39, 0.29) is 6.04 Å². The number of hydrogen-bond acceptors (Lipinski definition) is 1. The third-order valence-corrected chi connectivity index (χ3v) is 2.53. The van der Waals surface area contributed by atoms with E-state index in [0.29, 0.717) is 5.02 Å². The van der Waals surface area contributed by atoms with Crippen LogP contribution in [-0.4, -0.2) is 18.0 Å². The quantitative estimate of drug-likeness (QED) is 0.804. The van der Waals surface area contributed by atoms with Crippen molar-refractivity contribution in [3.63, 3.8) is 0 Å². The molecule has 3 nitrogen and oxygen atoms in total. The number of nitrogens with two attached hydrogens (primary N) is 1. The van der Waals surface area contributed by atoms with Crippen LogP contribution in [-0.2, 0) is 0 Å². The lowest BCUT2D eigenvalue weighted by Crippen LogP contribution is -2.34. The molecule has 1 rings (SSSR count). The Bertz CT molecular complexity index is 323. The number of hydrogen-bond donors (Lipinski definition) is 1. The molecule has 0 saturated carbocycles. The van der Waals surface area contributed by atoms with Crippen LogP contribution in [0.1, 0.15) is 18.5 Å². The average Bonchev–Trinajstić information content (AvgIpc) is 2.16. The Morgan fingerprint density at radius 1 is 1.43 bits per heavy atom. The van der Waals surface area contributed by atoms with Crippen LogP contribution < -0.4 is 5.73 Å². The smallest absolute Gasteiger partial charge is 0.315 e. The Balaban J connectivity index is 2.84. The molecule has 0 heterocycles. The SMILES string of the molecule is CC(c1ccc(Cl)cc1)N(C)C(N)=O. The van der Waals surface area contributed by atoms with Gasteiger partial charge in [-0.2, -0.15) is 0 Å². The van der Waals surface area contributed by atoms with Crippen LogP contribution in [0.5, 0.6) is 0 Å². The third-order valence-electron chi connectivity index (χ3n) is 2.28. The fraction of sp³-hybridized carbons (Fsp3) is 0.300. The first-order chi connectivity index (χ1) is 6.52. The zero-order valence-electron chi connectivity index (χ0n) is 8.20. The number of urea groups is 1. The molecular formula is C10H13ClN2O. The fourth-order valence-electron chi connectivity index (χ4n) is 1.16. The largest absolute Gasteiger partial charge is 0.351 e. The average molecular weight is 213 g/mol. The molecule has 0 aliphatic heterocycles. The van der Waals surface area contributed by atoms with Crippen LogP contribution in [0.4, 0.5) is 4.79 Å². The van der Waals surface area contributed by atoms with Gasteiger partial charge >= 0.3 is 6.03 Å². The van der Waals surface area contributed by atoms with Gasteiger partial charge in [-0.25, -0.2) is 4.79 Å². The van der Waals surface area contributed by atoms with Crippen molar-refractivity contribution in [2.75, 3.05) is 7.05 Å². The highest BCUT2D eigenvalue weighted by molar-refractivity contribution is 6.30. The minimum Gasteiger partial charge on any atom is -0.351 e. The van der Waals surface area contributed by atoms with E-state index >= 15 is 0 Å². The van der Waals surface area contributed by atoms with Crippen molar-refractivity contribution in [2.24, 2.45) is 5.73 Å². The summed E-state index contributed by atoms with van der Waals surface area (Å²) in [5.41, 5.74) is 6.17. The summed E-state index contributed by atoms with van der Waals surface area (Å²) in [6.07, 6.45) is 0. The van der Waals surface area contributed by atoms with Gasteiger partial charge < -0.3 is 10.6 Å². The van der Waals surface area contributed by atoms with E-state index < -0.39 is 6.03 Å². The van der Waals surface area contributed by atoms with Crippen LogP contribution >= 0.6 is 11.6 Å². The van der Waals surface area contributed by atoms with Crippen LogP contribution in [0.25, 0.3) is 0 Å². The molecule has 0 fully saturated rings. The number of nitrogens with zero attached hydrogens (tertiary/aromatic N) is 1. The Hall–Kier alpha value is -1.22. The third kappa shape index (κ3) is 2.39. The van der Waals surface area contributed by atoms with E-state index in [1.807, 2.05) is 19.1 Å². The van der Waals surface area contributed by atoms with Gasteiger partial charge in [-0.15, -0.1) is 0 Å². The first kappa shape index (κ1) is 10.9. The van der Waals surface area contributed by atoms with Crippen molar-refractivity contribution >= 4 is 17.6 Å². The molecule has 76 valence electrons. The molecule has 2 amide bonds. The van der Waals surface area contributed by atoms with Gasteiger partial charge in [-0.05, 0) is 24.6 Å². The molecule has 1 atom stereocenters. The number of amides is 2. The molecule has 1 unspecified atom stereocenters. The highest BCUT2D eigenvalue weighted by Crippen LogP contribution is 2.20. The Morgan fingerprint density at radius 3 is 2.36 bits per heavy atom. The normalized spacial score (nSPS) is 12.2. The van der Waals surface area contributed by atoms with Crippen molar-refractivity contribution < 1.29 is 4.79 Å². The molecule has 14 heavy (non-hydrogen) atoms. The van der Waals surface area contributed by atoms with Gasteiger partial charge in [0.25, 0.3) is 0 Å². The van der Waals surface area contributed by atoms with Crippen LogP contribution in [0.3, 0.4) is 0 Å². The maximum absolute atomic E-state index is 10.9. The summed E-state index contributed by atoms with van der Waals surface area (Å²) in [6.45, 7) is 1.91. The standard InChI is InChI=1S/C10H13ClN2O/c1-7(13(2)10(12)14)8-3-5-9(11)6-4-8/h3-7H,1-2H3,(H2,12,14). The van der Waals surface area contributed by atoms with Gasteiger partial charge in [-0.1, -0.05) is 23.7 Å². The van der Waals surface area contributed by atoms with Gasteiger partial charge in [0.1, 0.15) is 0 Å². The van der Waals surface area contributed by atoms with Crippen molar-refractivity contribution in [2.45, 2.75) is 13.0 Å². The molecule has 2 N–H and O–H groups in total. The lowest BCUT2D eigenvalue weighted by atomic mass is 10.1. The van der Waals surface area contributed by atoms with Crippen LogP contribution in [0, 0.1) is 0 Å². The Morgan fingerprint density at radius 2 is 1.93 bits per heavy atom. The fourth-order valence-corrected chi connectivity index (χ4v) is 1.28. The number of rotatable bonds is 2. The van der Waals surface area contributed by atoms with Crippen molar-refractivity contribution in [1.82, 2.24) is 4.90 Å². The van der Waals surface area contributed by atoms with Crippen molar-refractivity contribution in [3.8, 4) is 0 Å². The second-order valence-electron chi connectivity index (χ2n) is 3.18. The molecule has 0 saturated heterocycles. The zero-order chi connectivity index (χ0) is 10.7. The Kier molecular flexibility index (Phi) is 3.36. The molecular weight excluding hydrogens is 200 g/mol. The van der Waals surface area contributed by atoms with E-state index in [4.69, 9.17) is 17.3 Å². The van der Waals surface area contributed by atoms with Gasteiger partial charge in [-0.3, -0.25) is 0 Å². The van der Waals surface area contributed by atoms with Gasteiger partial charge in [0.05, 0.1) is 6.04 Å². The van der Waals surface area contributed by atoms with E-state index in [0.717, 1.165) is 5.56 Å². The molecule has 1 aromatic rings. The van der Waals surface area contributed by atoms with Crippen molar-refractivity contribution in [1.29, 1.82) is 0 Å². The van der Waals surface area contributed by atoms with E-state index in [1.54, 1.807) is 19.2 Å². The van der Waals surface area contributed by atoms with E-state index in [9.17, 15) is 4.79 Å². The zero-order valence-corrected chi connectivity index (χ0v) is 8.95. The molecule has 0 aromatic heterocycles. The summed E-state index contributed by atoms with van der Waals surface area (Å²) in [4.78, 5) is 12.4. The second-order valence-corrected chi connectivity index (χ2v) is 3.61. The van der Waals surface area contributed by atoms with E-state index in [1.165, 1.54) is 4.90 Å². The summed E-state index contributed by atoms with van der Waals surface area (Å²) in [6, 6.07) is 6.88. The molecule has 4 heteroatoms. The molecule has 0 radical (unpaired) electrons. The predicted molar refractivity (Wildman–Crippen MR) is 57.2 cm³/mol. The molecule has 0 bridgehead atoms. The summed E-state index contributed by atoms with van der Waals surface area (Å²) in [5.74, 6) is 0. The predicted octanol–water partition coefficient (Wildman–Crippen LogP) is 2.41. The monoisotopic (exact) mass is 212 g/mol. The van der Waals surface area contributed by atoms with Crippen LogP contribution in [0.15, 0.2) is 24.3 Å². The molecule has 0 aliphatic carbocycles. The molecule has 0 aliphatic rings. The molecule has 0 spiro atoms. The number of carbonyl (C=O) groups is 1. The van der Waals surface area contributed by atoms with Crippen LogP contribution in [0.2, 0.25) is 5.02 Å². The first-order valence-electron chi connectivity index (χ1n) is 4.30. The molecule has 1 aromatic carbocycles. The number of primary amides is 1. The van der Waals surface area contributed by atoms with Gasteiger partial charge in [0.2, 0.25) is 0 Å². The summed E-state index contributed by atoms with van der Waals surface area (Å²) in [7, 11) is 1.67. The Labute approximate surface area is 88.5 Å². The first-order valence-corrected chi connectivity index (χ1v) is 4.68. The minimum absolute atomic E-state index is 0.0373. The highest BCUT2D eigenvalue weighted by Gasteiger charge is 2.13. The number of benzene rings is 1. The van der Waals surface area contributed by atoms with Gasteiger partial charge in [0, 0.05) is 12.1 Å². The lowest BCUT2D eigenvalue weighted by Gasteiger charge is -2.23. The summed E-state index contributed by atoms with van der Waals surface area (Å²) >= 11 is 5.75. The summed E-state index contributed by atoms with van der Waals surface area (Å²) in [5, 5.41) is 0.683.